The molecule has 0 bridgehead atoms. The van der Waals surface area contributed by atoms with E-state index >= 15 is 0 Å². The van der Waals surface area contributed by atoms with Crippen molar-refractivity contribution in [1.82, 2.24) is 0 Å². The average molecular weight is 257 g/mol. The predicted octanol–water partition coefficient (Wildman–Crippen LogP) is 2.09. The maximum atomic E-state index is 12.7. The lowest BCUT2D eigenvalue weighted by Gasteiger charge is -2.04. The second-order valence-electron chi connectivity index (χ2n) is 2.82. The molecule has 0 amide bonds. The van der Waals surface area contributed by atoms with Gasteiger partial charge in [-0.1, -0.05) is 11.6 Å². The van der Waals surface area contributed by atoms with Gasteiger partial charge >= 0.3 is 0 Å². The van der Waals surface area contributed by atoms with Crippen molar-refractivity contribution >= 4 is 21.7 Å². The molecule has 0 heterocycles. The third-order valence-electron chi connectivity index (χ3n) is 1.52. The van der Waals surface area contributed by atoms with Crippen molar-refractivity contribution in [1.29, 1.82) is 0 Å². The summed E-state index contributed by atoms with van der Waals surface area (Å²) in [5.74, 6) is -2.20. The lowest BCUT2D eigenvalue weighted by molar-refractivity contribution is 0.310. The van der Waals surface area contributed by atoms with Crippen molar-refractivity contribution in [3.63, 3.8) is 0 Å². The van der Waals surface area contributed by atoms with E-state index in [1.807, 2.05) is 0 Å². The summed E-state index contributed by atoms with van der Waals surface area (Å²) in [5, 5.41) is -0.0856. The van der Waals surface area contributed by atoms with E-state index in [-0.39, 0.29) is 10.6 Å². The molecule has 0 aliphatic rings. The van der Waals surface area contributed by atoms with E-state index in [1.165, 1.54) is 0 Å². The predicted molar refractivity (Wildman–Crippen MR) is 51.0 cm³/mol. The summed E-state index contributed by atoms with van der Waals surface area (Å²) in [6.07, 6.45) is 0.848. The minimum atomic E-state index is -3.64. The molecule has 1 rings (SSSR count). The first-order valence-corrected chi connectivity index (χ1v) is 5.97. The molecule has 1 aromatic rings. The van der Waals surface area contributed by atoms with Gasteiger partial charge in [0, 0.05) is 10.6 Å². The van der Waals surface area contributed by atoms with Gasteiger partial charge in [-0.25, -0.2) is 8.78 Å². The number of hydrogen-bond donors (Lipinski definition) is 0. The van der Waals surface area contributed by atoms with E-state index < -0.39 is 28.4 Å². The van der Waals surface area contributed by atoms with E-state index in [1.54, 1.807) is 0 Å². The fourth-order valence-electron chi connectivity index (χ4n) is 0.845. The monoisotopic (exact) mass is 256 g/mol. The van der Waals surface area contributed by atoms with Crippen LogP contribution in [0.2, 0.25) is 5.02 Å². The first kappa shape index (κ1) is 12.4. The molecule has 0 saturated heterocycles. The van der Waals surface area contributed by atoms with E-state index in [2.05, 4.69) is 4.18 Å². The Balaban J connectivity index is 2.91. The first-order valence-electron chi connectivity index (χ1n) is 3.77. The molecular formula is C8H7ClF2O3S. The van der Waals surface area contributed by atoms with Crippen LogP contribution >= 0.6 is 11.6 Å². The third-order valence-corrected chi connectivity index (χ3v) is 2.42. The zero-order chi connectivity index (χ0) is 11.6. The molecule has 0 spiro atoms. The summed E-state index contributed by atoms with van der Waals surface area (Å²) >= 11 is 5.55. The van der Waals surface area contributed by atoms with Gasteiger partial charge in [0.25, 0.3) is 10.1 Å². The molecule has 0 unspecified atom stereocenters. The quantitative estimate of drug-likeness (QED) is 0.614. The van der Waals surface area contributed by atoms with Gasteiger partial charge in [0.2, 0.25) is 0 Å². The number of hydrogen-bond acceptors (Lipinski definition) is 3. The Hall–Kier alpha value is -0.720. The minimum Gasteiger partial charge on any atom is -0.265 e. The van der Waals surface area contributed by atoms with Gasteiger partial charge in [0.05, 0.1) is 12.9 Å². The van der Waals surface area contributed by atoms with E-state index in [9.17, 15) is 17.2 Å². The average Bonchev–Trinajstić information content (AvgIpc) is 2.07. The lowest BCUT2D eigenvalue weighted by Crippen LogP contribution is -2.03. The van der Waals surface area contributed by atoms with Crippen LogP contribution in [-0.4, -0.2) is 14.7 Å². The molecule has 1 aromatic carbocycles. The summed E-state index contributed by atoms with van der Waals surface area (Å²) in [6, 6.07) is 1.56. The van der Waals surface area contributed by atoms with Gasteiger partial charge in [-0.05, 0) is 12.1 Å². The molecule has 0 N–H and O–H groups in total. The van der Waals surface area contributed by atoms with Gasteiger partial charge in [-0.3, -0.25) is 4.18 Å². The van der Waals surface area contributed by atoms with Crippen LogP contribution in [0.5, 0.6) is 0 Å². The summed E-state index contributed by atoms with van der Waals surface area (Å²) < 4.78 is 51.0. The SMILES string of the molecule is CS(=O)(=O)OCc1cc(F)c(F)cc1Cl. The van der Waals surface area contributed by atoms with E-state index in [0.717, 1.165) is 18.4 Å². The fourth-order valence-corrected chi connectivity index (χ4v) is 1.39. The minimum absolute atomic E-state index is 0.0704. The van der Waals surface area contributed by atoms with Gasteiger partial charge < -0.3 is 0 Å². The maximum absolute atomic E-state index is 12.7. The van der Waals surface area contributed by atoms with Crippen molar-refractivity contribution in [2.45, 2.75) is 6.61 Å². The molecule has 0 radical (unpaired) electrons. The van der Waals surface area contributed by atoms with Crippen LogP contribution in [0.4, 0.5) is 8.78 Å². The molecular weight excluding hydrogens is 250 g/mol. The Morgan fingerprint density at radius 1 is 1.33 bits per heavy atom. The number of rotatable bonds is 3. The Labute approximate surface area is 90.7 Å². The molecule has 84 valence electrons. The molecule has 7 heteroatoms. The number of halogens is 3. The summed E-state index contributed by atoms with van der Waals surface area (Å²) in [6.45, 7) is -0.422. The Morgan fingerprint density at radius 2 is 1.87 bits per heavy atom. The zero-order valence-electron chi connectivity index (χ0n) is 7.63. The highest BCUT2D eigenvalue weighted by Crippen LogP contribution is 2.21. The topological polar surface area (TPSA) is 43.4 Å². The van der Waals surface area contributed by atoms with Gasteiger partial charge in [-0.2, -0.15) is 8.42 Å². The van der Waals surface area contributed by atoms with E-state index in [0.29, 0.717) is 0 Å². The number of benzene rings is 1. The van der Waals surface area contributed by atoms with E-state index in [4.69, 9.17) is 11.6 Å². The molecule has 0 saturated carbocycles. The lowest BCUT2D eigenvalue weighted by atomic mass is 10.2. The summed E-state index contributed by atoms with van der Waals surface area (Å²) in [5.41, 5.74) is 0.0704. The highest BCUT2D eigenvalue weighted by atomic mass is 35.5. The highest BCUT2D eigenvalue weighted by Gasteiger charge is 2.10. The maximum Gasteiger partial charge on any atom is 0.264 e. The second-order valence-corrected chi connectivity index (χ2v) is 4.88. The van der Waals surface area contributed by atoms with Crippen LogP contribution in [0, 0.1) is 11.6 Å². The van der Waals surface area contributed by atoms with Crippen molar-refractivity contribution in [2.24, 2.45) is 0 Å². The molecule has 0 atom stereocenters. The van der Waals surface area contributed by atoms with Crippen LogP contribution in [0.15, 0.2) is 12.1 Å². The zero-order valence-corrected chi connectivity index (χ0v) is 9.20. The molecule has 15 heavy (non-hydrogen) atoms. The Kier molecular flexibility index (Phi) is 3.64. The van der Waals surface area contributed by atoms with Crippen LogP contribution in [0.25, 0.3) is 0 Å². The largest absolute Gasteiger partial charge is 0.265 e. The standard InChI is InChI=1S/C8H7ClF2O3S/c1-15(12,13)14-4-5-2-7(10)8(11)3-6(5)9/h2-3H,4H2,1H3. The van der Waals surface area contributed by atoms with Crippen LogP contribution in [-0.2, 0) is 20.9 Å². The summed E-state index contributed by atoms with van der Waals surface area (Å²) in [7, 11) is -3.64. The normalized spacial score (nSPS) is 11.7. The van der Waals surface area contributed by atoms with Gasteiger partial charge in [0.1, 0.15) is 0 Å². The van der Waals surface area contributed by atoms with Crippen molar-refractivity contribution in [3.05, 3.63) is 34.4 Å². The molecule has 3 nitrogen and oxygen atoms in total. The smallest absolute Gasteiger partial charge is 0.264 e. The van der Waals surface area contributed by atoms with Crippen LogP contribution in [0.1, 0.15) is 5.56 Å². The Morgan fingerprint density at radius 3 is 2.40 bits per heavy atom. The third kappa shape index (κ3) is 3.73. The van der Waals surface area contributed by atoms with Gasteiger partial charge in [0.15, 0.2) is 11.6 Å². The van der Waals surface area contributed by atoms with Crippen LogP contribution < -0.4 is 0 Å². The molecule has 0 aliphatic heterocycles. The Bertz CT molecular complexity index is 473. The summed E-state index contributed by atoms with van der Waals surface area (Å²) in [4.78, 5) is 0. The molecule has 0 aromatic heterocycles. The van der Waals surface area contributed by atoms with Gasteiger partial charge in [-0.15, -0.1) is 0 Å². The fraction of sp³-hybridized carbons (Fsp3) is 0.250. The molecule has 0 aliphatic carbocycles. The molecule has 0 fully saturated rings. The van der Waals surface area contributed by atoms with Crippen molar-refractivity contribution in [2.75, 3.05) is 6.26 Å². The first-order chi connectivity index (χ1) is 6.79. The highest BCUT2D eigenvalue weighted by molar-refractivity contribution is 7.85. The second kappa shape index (κ2) is 4.42. The van der Waals surface area contributed by atoms with Crippen molar-refractivity contribution < 1.29 is 21.4 Å². The van der Waals surface area contributed by atoms with Crippen molar-refractivity contribution in [3.8, 4) is 0 Å². The van der Waals surface area contributed by atoms with Crippen LogP contribution in [0.3, 0.4) is 0 Å².